The molecule has 0 aromatic carbocycles. The van der Waals surface area contributed by atoms with Crippen molar-refractivity contribution < 1.29 is 0 Å². The van der Waals surface area contributed by atoms with Gasteiger partial charge in [-0.05, 0) is 62.1 Å². The predicted octanol–water partition coefficient (Wildman–Crippen LogP) is 4.31. The molecular formula is C19H30N2. The molecule has 1 fully saturated rings. The van der Waals surface area contributed by atoms with E-state index in [4.69, 9.17) is 4.98 Å². The number of aromatic nitrogens is 1. The second kappa shape index (κ2) is 6.91. The normalized spacial score (nSPS) is 30.7. The molecule has 1 aromatic rings. The van der Waals surface area contributed by atoms with Gasteiger partial charge in [-0.2, -0.15) is 0 Å². The Kier molecular flexibility index (Phi) is 4.95. The van der Waals surface area contributed by atoms with E-state index in [0.717, 1.165) is 18.4 Å². The first-order valence-electron chi connectivity index (χ1n) is 8.96. The van der Waals surface area contributed by atoms with Crippen LogP contribution in [0.25, 0.3) is 0 Å². The minimum Gasteiger partial charge on any atom is -0.313 e. The van der Waals surface area contributed by atoms with Crippen LogP contribution in [0, 0.1) is 11.8 Å². The van der Waals surface area contributed by atoms with Crippen molar-refractivity contribution in [2.24, 2.45) is 11.8 Å². The minimum atomic E-state index is 0.630. The van der Waals surface area contributed by atoms with Gasteiger partial charge in [0.1, 0.15) is 0 Å². The highest BCUT2D eigenvalue weighted by molar-refractivity contribution is 5.27. The van der Waals surface area contributed by atoms with Crippen molar-refractivity contribution in [3.63, 3.8) is 0 Å². The van der Waals surface area contributed by atoms with E-state index in [9.17, 15) is 0 Å². The van der Waals surface area contributed by atoms with Gasteiger partial charge in [-0.25, -0.2) is 0 Å². The second-order valence-electron chi connectivity index (χ2n) is 7.16. The molecule has 0 bridgehead atoms. The number of aryl methyl sites for hydroxylation is 1. The summed E-state index contributed by atoms with van der Waals surface area (Å²) in [6.45, 7) is 5.76. The summed E-state index contributed by atoms with van der Waals surface area (Å²) in [6.07, 6.45) is 11.5. The predicted molar refractivity (Wildman–Crippen MR) is 88.5 cm³/mol. The Morgan fingerprint density at radius 2 is 2.19 bits per heavy atom. The van der Waals surface area contributed by atoms with Crippen LogP contribution >= 0.6 is 0 Å². The maximum atomic E-state index is 4.78. The highest BCUT2D eigenvalue weighted by Gasteiger charge is 2.35. The van der Waals surface area contributed by atoms with E-state index in [1.165, 1.54) is 56.2 Å². The molecule has 0 saturated heterocycles. The van der Waals surface area contributed by atoms with E-state index in [-0.39, 0.29) is 0 Å². The lowest BCUT2D eigenvalue weighted by Crippen LogP contribution is -2.44. The van der Waals surface area contributed by atoms with Crippen LogP contribution in [0.3, 0.4) is 0 Å². The molecule has 2 aliphatic carbocycles. The van der Waals surface area contributed by atoms with Crippen LogP contribution in [0.4, 0.5) is 0 Å². The van der Waals surface area contributed by atoms with Crippen molar-refractivity contribution >= 4 is 0 Å². The van der Waals surface area contributed by atoms with Crippen LogP contribution in [0.5, 0.6) is 0 Å². The summed E-state index contributed by atoms with van der Waals surface area (Å²) in [6, 6.07) is 5.03. The molecule has 116 valence electrons. The largest absolute Gasteiger partial charge is 0.313 e. The minimum absolute atomic E-state index is 0.630. The Balaban J connectivity index is 1.84. The zero-order chi connectivity index (χ0) is 14.7. The zero-order valence-electron chi connectivity index (χ0n) is 13.6. The van der Waals surface area contributed by atoms with E-state index in [1.54, 1.807) is 0 Å². The van der Waals surface area contributed by atoms with Crippen LogP contribution < -0.4 is 5.32 Å². The SMILES string of the molecule is CCNC(C1CCCC(C)C1)C1CCCc2cccnc21. The standard InChI is InChI=1S/C19H30N2/c1-3-20-19(16-9-4-7-14(2)13-16)17-11-5-8-15-10-6-12-21-18(15)17/h6,10,12,14,16-17,19-20H,3-5,7-9,11,13H2,1-2H3. The molecular weight excluding hydrogens is 256 g/mol. The maximum Gasteiger partial charge on any atom is 0.0482 e. The van der Waals surface area contributed by atoms with Crippen LogP contribution in [0.15, 0.2) is 18.3 Å². The van der Waals surface area contributed by atoms with Crippen molar-refractivity contribution in [2.45, 2.75) is 70.8 Å². The fraction of sp³-hybridized carbons (Fsp3) is 0.737. The smallest absolute Gasteiger partial charge is 0.0482 e. The van der Waals surface area contributed by atoms with Gasteiger partial charge in [0.25, 0.3) is 0 Å². The molecule has 1 heterocycles. The lowest BCUT2D eigenvalue weighted by molar-refractivity contribution is 0.194. The summed E-state index contributed by atoms with van der Waals surface area (Å²) in [5.74, 6) is 2.37. The summed E-state index contributed by atoms with van der Waals surface area (Å²) < 4.78 is 0. The Labute approximate surface area is 129 Å². The summed E-state index contributed by atoms with van der Waals surface area (Å²) in [7, 11) is 0. The third-order valence-corrected chi connectivity index (χ3v) is 5.60. The second-order valence-corrected chi connectivity index (χ2v) is 7.16. The van der Waals surface area contributed by atoms with Crippen molar-refractivity contribution in [3.8, 4) is 0 Å². The monoisotopic (exact) mass is 286 g/mol. The molecule has 0 spiro atoms. The van der Waals surface area contributed by atoms with Crippen molar-refractivity contribution in [3.05, 3.63) is 29.6 Å². The number of hydrogen-bond acceptors (Lipinski definition) is 2. The van der Waals surface area contributed by atoms with Crippen LogP contribution in [-0.2, 0) is 6.42 Å². The molecule has 4 atom stereocenters. The van der Waals surface area contributed by atoms with Gasteiger partial charge >= 0.3 is 0 Å². The zero-order valence-corrected chi connectivity index (χ0v) is 13.6. The van der Waals surface area contributed by atoms with Gasteiger partial charge in [0.05, 0.1) is 0 Å². The topological polar surface area (TPSA) is 24.9 Å². The van der Waals surface area contributed by atoms with E-state index in [2.05, 4.69) is 31.3 Å². The lowest BCUT2D eigenvalue weighted by atomic mass is 9.71. The Bertz CT molecular complexity index is 457. The first kappa shape index (κ1) is 15.0. The molecule has 4 unspecified atom stereocenters. The summed E-state index contributed by atoms with van der Waals surface area (Å²) >= 11 is 0. The van der Waals surface area contributed by atoms with Crippen molar-refractivity contribution in [1.82, 2.24) is 10.3 Å². The highest BCUT2D eigenvalue weighted by Crippen LogP contribution is 2.40. The van der Waals surface area contributed by atoms with Gasteiger partial charge in [0, 0.05) is 23.9 Å². The molecule has 21 heavy (non-hydrogen) atoms. The summed E-state index contributed by atoms with van der Waals surface area (Å²) in [4.78, 5) is 4.78. The molecule has 0 amide bonds. The van der Waals surface area contributed by atoms with E-state index < -0.39 is 0 Å². The van der Waals surface area contributed by atoms with E-state index >= 15 is 0 Å². The molecule has 2 heteroatoms. The molecule has 3 rings (SSSR count). The van der Waals surface area contributed by atoms with E-state index in [1.807, 2.05) is 6.20 Å². The van der Waals surface area contributed by atoms with Gasteiger partial charge < -0.3 is 5.32 Å². The fourth-order valence-corrected chi connectivity index (χ4v) is 4.68. The first-order valence-corrected chi connectivity index (χ1v) is 8.96. The Morgan fingerprint density at radius 1 is 1.29 bits per heavy atom. The number of pyridine rings is 1. The molecule has 0 radical (unpaired) electrons. The van der Waals surface area contributed by atoms with Crippen LogP contribution in [0.2, 0.25) is 0 Å². The first-order chi connectivity index (χ1) is 10.3. The average Bonchev–Trinajstić information content (AvgIpc) is 2.52. The molecule has 2 aliphatic rings. The third kappa shape index (κ3) is 3.31. The average molecular weight is 286 g/mol. The van der Waals surface area contributed by atoms with Crippen molar-refractivity contribution in [1.29, 1.82) is 0 Å². The summed E-state index contributed by atoms with van der Waals surface area (Å²) in [5, 5.41) is 3.84. The lowest BCUT2D eigenvalue weighted by Gasteiger charge is -2.40. The number of rotatable bonds is 4. The van der Waals surface area contributed by atoms with Crippen molar-refractivity contribution in [2.75, 3.05) is 6.54 Å². The maximum absolute atomic E-state index is 4.78. The third-order valence-electron chi connectivity index (χ3n) is 5.60. The number of hydrogen-bond donors (Lipinski definition) is 1. The van der Waals surface area contributed by atoms with Crippen LogP contribution in [0.1, 0.15) is 69.5 Å². The number of fused-ring (bicyclic) bond motifs is 1. The molecule has 1 N–H and O–H groups in total. The molecule has 1 aromatic heterocycles. The van der Waals surface area contributed by atoms with Gasteiger partial charge in [-0.3, -0.25) is 4.98 Å². The molecule has 1 saturated carbocycles. The molecule has 2 nitrogen and oxygen atoms in total. The highest BCUT2D eigenvalue weighted by atomic mass is 14.9. The van der Waals surface area contributed by atoms with Gasteiger partial charge in [-0.15, -0.1) is 0 Å². The van der Waals surface area contributed by atoms with Gasteiger partial charge in [0.2, 0.25) is 0 Å². The Hall–Kier alpha value is -0.890. The Morgan fingerprint density at radius 3 is 3.00 bits per heavy atom. The number of likely N-dealkylation sites (N-methyl/N-ethyl adjacent to an activating group) is 1. The molecule has 0 aliphatic heterocycles. The van der Waals surface area contributed by atoms with Gasteiger partial charge in [-0.1, -0.05) is 32.8 Å². The number of nitrogens with one attached hydrogen (secondary N) is 1. The fourth-order valence-electron chi connectivity index (χ4n) is 4.68. The number of nitrogens with zero attached hydrogens (tertiary/aromatic N) is 1. The van der Waals surface area contributed by atoms with E-state index in [0.29, 0.717) is 12.0 Å². The van der Waals surface area contributed by atoms with Crippen LogP contribution in [-0.4, -0.2) is 17.6 Å². The summed E-state index contributed by atoms with van der Waals surface area (Å²) in [5.41, 5.74) is 2.90. The quantitative estimate of drug-likeness (QED) is 0.892. The van der Waals surface area contributed by atoms with Gasteiger partial charge in [0.15, 0.2) is 0 Å².